The molecule has 6 nitrogen and oxygen atoms in total. The maximum absolute atomic E-state index is 11.8. The Morgan fingerprint density at radius 3 is 1.43 bits per heavy atom. The van der Waals surface area contributed by atoms with Crippen LogP contribution in [0.4, 0.5) is 9.59 Å². The number of ether oxygens (including phenoxy) is 2. The van der Waals surface area contributed by atoms with Crippen LogP contribution in [0.5, 0.6) is 0 Å². The summed E-state index contributed by atoms with van der Waals surface area (Å²) in [7, 11) is 0. The number of hydrogen-bond acceptors (Lipinski definition) is 4. The highest BCUT2D eigenvalue weighted by Gasteiger charge is 2.16. The third kappa shape index (κ3) is 10.8. The smallest absolute Gasteiger partial charge is 0.407 e. The SMILES string of the molecule is CCc1cc(CCNC(=O)OC(C)(C)C)cc(CCNC(=O)OC(C)(C)C)c1. The lowest BCUT2D eigenvalue weighted by molar-refractivity contribution is 0.0517. The first-order valence-electron chi connectivity index (χ1n) is 9.93. The molecule has 0 fully saturated rings. The van der Waals surface area contributed by atoms with Crippen LogP contribution >= 0.6 is 0 Å². The summed E-state index contributed by atoms with van der Waals surface area (Å²) in [5, 5.41) is 5.58. The quantitative estimate of drug-likeness (QED) is 0.722. The summed E-state index contributed by atoms with van der Waals surface area (Å²) < 4.78 is 10.5. The van der Waals surface area contributed by atoms with Gasteiger partial charge in [-0.1, -0.05) is 25.1 Å². The molecule has 0 saturated heterocycles. The van der Waals surface area contributed by atoms with Crippen molar-refractivity contribution in [1.29, 1.82) is 0 Å². The Kier molecular flexibility index (Phi) is 8.79. The summed E-state index contributed by atoms with van der Waals surface area (Å²) in [4.78, 5) is 23.5. The zero-order valence-corrected chi connectivity index (χ0v) is 18.4. The molecule has 0 aromatic heterocycles. The molecule has 0 radical (unpaired) electrons. The predicted molar refractivity (Wildman–Crippen MR) is 112 cm³/mol. The standard InChI is InChI=1S/C22H36N2O4/c1-8-16-13-17(9-11-23-19(25)27-21(2,3)4)15-18(14-16)10-12-24-20(26)28-22(5,6)7/h13-15H,8-12H2,1-7H3,(H,23,25)(H,24,26). The van der Waals surface area contributed by atoms with Crippen molar-refractivity contribution < 1.29 is 19.1 Å². The number of rotatable bonds is 7. The van der Waals surface area contributed by atoms with Gasteiger partial charge in [0.2, 0.25) is 0 Å². The maximum atomic E-state index is 11.8. The minimum atomic E-state index is -0.499. The topological polar surface area (TPSA) is 76.7 Å². The van der Waals surface area contributed by atoms with Crippen LogP contribution in [0, 0.1) is 0 Å². The van der Waals surface area contributed by atoms with E-state index in [9.17, 15) is 9.59 Å². The van der Waals surface area contributed by atoms with Crippen molar-refractivity contribution in [3.63, 3.8) is 0 Å². The molecule has 28 heavy (non-hydrogen) atoms. The van der Waals surface area contributed by atoms with Crippen LogP contribution in [0.25, 0.3) is 0 Å². The lowest BCUT2D eigenvalue weighted by atomic mass is 10.0. The van der Waals surface area contributed by atoms with Crippen molar-refractivity contribution in [2.45, 2.75) is 78.9 Å². The van der Waals surface area contributed by atoms with E-state index in [4.69, 9.17) is 9.47 Å². The first-order chi connectivity index (χ1) is 12.9. The Morgan fingerprint density at radius 1 is 0.750 bits per heavy atom. The van der Waals surface area contributed by atoms with Crippen LogP contribution in [-0.2, 0) is 28.7 Å². The average Bonchev–Trinajstić information content (AvgIpc) is 2.51. The predicted octanol–water partition coefficient (Wildman–Crippen LogP) is 4.38. The van der Waals surface area contributed by atoms with Crippen LogP contribution in [0.3, 0.4) is 0 Å². The molecule has 2 amide bonds. The molecule has 1 aromatic carbocycles. The van der Waals surface area contributed by atoms with Gasteiger partial charge in [0.05, 0.1) is 0 Å². The summed E-state index contributed by atoms with van der Waals surface area (Å²) in [6.45, 7) is 14.2. The van der Waals surface area contributed by atoms with Crippen molar-refractivity contribution in [1.82, 2.24) is 10.6 Å². The van der Waals surface area contributed by atoms with Gasteiger partial charge in [-0.3, -0.25) is 0 Å². The van der Waals surface area contributed by atoms with Gasteiger partial charge in [0, 0.05) is 13.1 Å². The molecule has 6 heteroatoms. The van der Waals surface area contributed by atoms with E-state index in [0.29, 0.717) is 13.1 Å². The number of hydrogen-bond donors (Lipinski definition) is 2. The van der Waals surface area contributed by atoms with Crippen molar-refractivity contribution in [3.05, 3.63) is 34.9 Å². The molecular formula is C22H36N2O4. The van der Waals surface area contributed by atoms with Gasteiger partial charge < -0.3 is 20.1 Å². The van der Waals surface area contributed by atoms with Crippen LogP contribution in [0.2, 0.25) is 0 Å². The first-order valence-corrected chi connectivity index (χ1v) is 9.93. The van der Waals surface area contributed by atoms with Gasteiger partial charge in [-0.25, -0.2) is 9.59 Å². The minimum absolute atomic E-state index is 0.402. The molecule has 0 heterocycles. The van der Waals surface area contributed by atoms with Crippen molar-refractivity contribution in [2.24, 2.45) is 0 Å². The molecule has 0 saturated carbocycles. The van der Waals surface area contributed by atoms with Gasteiger partial charge in [-0.2, -0.15) is 0 Å². The zero-order valence-electron chi connectivity index (χ0n) is 18.4. The molecule has 0 bridgehead atoms. The third-order valence-electron chi connectivity index (χ3n) is 3.68. The van der Waals surface area contributed by atoms with E-state index in [0.717, 1.165) is 30.4 Å². The number of amides is 2. The number of nitrogens with one attached hydrogen (secondary N) is 2. The fourth-order valence-corrected chi connectivity index (χ4v) is 2.58. The fraction of sp³-hybridized carbons (Fsp3) is 0.636. The number of aryl methyl sites for hydroxylation is 1. The molecule has 2 N–H and O–H groups in total. The molecular weight excluding hydrogens is 356 g/mol. The Hall–Kier alpha value is -2.24. The van der Waals surface area contributed by atoms with Gasteiger partial charge in [0.15, 0.2) is 0 Å². The second-order valence-electron chi connectivity index (χ2n) is 8.87. The Labute approximate surface area is 169 Å². The fourth-order valence-electron chi connectivity index (χ4n) is 2.58. The molecule has 1 aromatic rings. The summed E-state index contributed by atoms with van der Waals surface area (Å²) in [6.07, 6.45) is 1.57. The second-order valence-corrected chi connectivity index (χ2v) is 8.87. The normalized spacial score (nSPS) is 11.7. The summed E-state index contributed by atoms with van der Waals surface area (Å²) in [5.41, 5.74) is 2.55. The number of carbonyl (C=O) groups excluding carboxylic acids is 2. The van der Waals surface area contributed by atoms with Gasteiger partial charge in [0.25, 0.3) is 0 Å². The lowest BCUT2D eigenvalue weighted by Crippen LogP contribution is -2.33. The van der Waals surface area contributed by atoms with E-state index in [1.807, 2.05) is 41.5 Å². The summed E-state index contributed by atoms with van der Waals surface area (Å²) >= 11 is 0. The van der Waals surface area contributed by atoms with Gasteiger partial charge >= 0.3 is 12.2 Å². The van der Waals surface area contributed by atoms with E-state index >= 15 is 0 Å². The summed E-state index contributed by atoms with van der Waals surface area (Å²) in [6, 6.07) is 6.43. The van der Waals surface area contributed by atoms with E-state index in [1.165, 1.54) is 5.56 Å². The van der Waals surface area contributed by atoms with E-state index in [2.05, 4.69) is 35.8 Å². The van der Waals surface area contributed by atoms with Crippen LogP contribution < -0.4 is 10.6 Å². The molecule has 0 atom stereocenters. The third-order valence-corrected chi connectivity index (χ3v) is 3.68. The lowest BCUT2D eigenvalue weighted by Gasteiger charge is -2.20. The number of benzene rings is 1. The zero-order chi connectivity index (χ0) is 21.4. The van der Waals surface area contributed by atoms with Crippen LogP contribution in [0.1, 0.15) is 65.2 Å². The average molecular weight is 393 g/mol. The molecule has 0 aliphatic rings. The highest BCUT2D eigenvalue weighted by molar-refractivity contribution is 5.68. The molecule has 0 aliphatic carbocycles. The van der Waals surface area contributed by atoms with Crippen molar-refractivity contribution >= 4 is 12.2 Å². The molecule has 158 valence electrons. The van der Waals surface area contributed by atoms with Gasteiger partial charge in [-0.15, -0.1) is 0 Å². The number of carbonyl (C=O) groups is 2. The molecule has 0 spiro atoms. The van der Waals surface area contributed by atoms with Crippen LogP contribution in [-0.4, -0.2) is 36.5 Å². The van der Waals surface area contributed by atoms with Crippen molar-refractivity contribution in [2.75, 3.05) is 13.1 Å². The monoisotopic (exact) mass is 392 g/mol. The molecule has 1 rings (SSSR count). The Bertz CT molecular complexity index is 605. The largest absolute Gasteiger partial charge is 0.444 e. The van der Waals surface area contributed by atoms with Gasteiger partial charge in [-0.05, 0) is 77.5 Å². The minimum Gasteiger partial charge on any atom is -0.444 e. The Morgan fingerprint density at radius 2 is 1.11 bits per heavy atom. The maximum Gasteiger partial charge on any atom is 0.407 e. The number of alkyl carbamates (subject to hydrolysis) is 2. The Balaban J connectivity index is 2.56. The summed E-state index contributed by atoms with van der Waals surface area (Å²) in [5.74, 6) is 0. The molecule has 0 unspecified atom stereocenters. The molecule has 0 aliphatic heterocycles. The highest BCUT2D eigenvalue weighted by atomic mass is 16.6. The van der Waals surface area contributed by atoms with Crippen molar-refractivity contribution in [3.8, 4) is 0 Å². The van der Waals surface area contributed by atoms with Crippen LogP contribution in [0.15, 0.2) is 18.2 Å². The van der Waals surface area contributed by atoms with Gasteiger partial charge in [0.1, 0.15) is 11.2 Å². The van der Waals surface area contributed by atoms with E-state index in [-0.39, 0.29) is 0 Å². The highest BCUT2D eigenvalue weighted by Crippen LogP contribution is 2.13. The second kappa shape index (κ2) is 10.3. The van der Waals surface area contributed by atoms with E-state index < -0.39 is 23.4 Å². The van der Waals surface area contributed by atoms with E-state index in [1.54, 1.807) is 0 Å². The first kappa shape index (κ1) is 23.8.